The fourth-order valence-electron chi connectivity index (χ4n) is 11.7. The number of methoxy groups -OCH3 is 1. The van der Waals surface area contributed by atoms with Crippen molar-refractivity contribution >= 4 is 5.97 Å². The lowest BCUT2D eigenvalue weighted by Crippen LogP contribution is -2.67. The van der Waals surface area contributed by atoms with Gasteiger partial charge in [0.1, 0.15) is 0 Å². The van der Waals surface area contributed by atoms with E-state index in [4.69, 9.17) is 4.74 Å². The van der Waals surface area contributed by atoms with E-state index in [1.54, 1.807) is 7.11 Å². The molecule has 0 aromatic carbocycles. The van der Waals surface area contributed by atoms with Gasteiger partial charge in [-0.05, 0) is 122 Å². The zero-order chi connectivity index (χ0) is 24.9. The van der Waals surface area contributed by atoms with Crippen LogP contribution in [-0.4, -0.2) is 24.3 Å². The van der Waals surface area contributed by atoms with Gasteiger partial charge >= 0.3 is 5.97 Å². The number of ether oxygens (including phenoxy) is 1. The molecule has 5 fully saturated rings. The van der Waals surface area contributed by atoms with Crippen LogP contribution < -0.4 is 0 Å². The molecule has 0 heterocycles. The van der Waals surface area contributed by atoms with Crippen LogP contribution >= 0.6 is 0 Å². The lowest BCUT2D eigenvalue weighted by atomic mass is 9.32. The van der Waals surface area contributed by atoms with Gasteiger partial charge in [0.25, 0.3) is 0 Å². The molecule has 5 saturated carbocycles. The second-order valence-electron chi connectivity index (χ2n) is 14.7. The van der Waals surface area contributed by atoms with Crippen LogP contribution in [0.2, 0.25) is 0 Å². The molecule has 3 nitrogen and oxygen atoms in total. The fourth-order valence-corrected chi connectivity index (χ4v) is 11.7. The predicted molar refractivity (Wildman–Crippen MR) is 137 cm³/mol. The Kier molecular flexibility index (Phi) is 5.55. The highest BCUT2D eigenvalue weighted by Gasteiger charge is 2.72. The summed E-state index contributed by atoms with van der Waals surface area (Å²) in [6.07, 6.45) is 11.1. The van der Waals surface area contributed by atoms with Crippen LogP contribution in [0.1, 0.15) is 106 Å². The molecule has 192 valence electrons. The first-order valence-corrected chi connectivity index (χ1v) is 14.2. The maximum absolute atomic E-state index is 13.3. The molecule has 0 amide bonds. The van der Waals surface area contributed by atoms with Crippen LogP contribution in [0.4, 0.5) is 0 Å². The van der Waals surface area contributed by atoms with Crippen molar-refractivity contribution in [2.45, 2.75) is 112 Å². The molecular formula is C31H50O3. The maximum Gasteiger partial charge on any atom is 0.312 e. The van der Waals surface area contributed by atoms with Crippen molar-refractivity contribution in [3.8, 4) is 0 Å². The Morgan fingerprint density at radius 3 is 2.21 bits per heavy atom. The Balaban J connectivity index is 1.56. The first-order valence-electron chi connectivity index (χ1n) is 14.2. The molecule has 3 heteroatoms. The van der Waals surface area contributed by atoms with Crippen molar-refractivity contribution < 1.29 is 14.6 Å². The number of aliphatic hydroxyl groups excluding tert-OH is 1. The number of rotatable bonds is 2. The zero-order valence-corrected chi connectivity index (χ0v) is 23.0. The van der Waals surface area contributed by atoms with Crippen molar-refractivity contribution in [1.29, 1.82) is 0 Å². The van der Waals surface area contributed by atoms with Crippen molar-refractivity contribution in [2.24, 2.45) is 56.7 Å². The van der Waals surface area contributed by atoms with E-state index in [1.165, 1.54) is 31.3 Å². The summed E-state index contributed by atoms with van der Waals surface area (Å²) in [5.41, 5.74) is 1.78. The Morgan fingerprint density at radius 1 is 0.853 bits per heavy atom. The summed E-state index contributed by atoms with van der Waals surface area (Å²) in [4.78, 5) is 13.3. The normalized spacial score (nSPS) is 53.6. The van der Waals surface area contributed by atoms with E-state index in [1.807, 2.05) is 0 Å². The summed E-state index contributed by atoms with van der Waals surface area (Å²) in [7, 11) is 1.59. The summed E-state index contributed by atoms with van der Waals surface area (Å²) in [5.74, 6) is 2.72. The second kappa shape index (κ2) is 7.59. The SMILES string of the molecule is C=C(C)[C@@H]1CC[C@]2(C(=O)OC)CC[C@]3(C)[C@H](CCC4[C@@]5(C)CC[C@@H](O)C(C)(C)C5CC[C@]43C)C12. The minimum absolute atomic E-state index is 0.00478. The first kappa shape index (κ1) is 24.8. The molecule has 5 aliphatic rings. The standard InChI is InChI=1S/C31H50O3/c1-19(2)20-11-16-31(26(33)34-8)18-17-29(6)21(25(20)31)9-10-23-28(5)14-13-24(32)27(3,4)22(28)12-15-30(23,29)7/h20-25,32H,1,9-18H2,2-8H3/t20-,21+,22?,23?,24+,25?,28-,29+,30+,31-/m0/s1. The van der Waals surface area contributed by atoms with Crippen LogP contribution in [0.5, 0.6) is 0 Å². The van der Waals surface area contributed by atoms with E-state index in [0.717, 1.165) is 38.5 Å². The third-order valence-corrected chi connectivity index (χ3v) is 13.6. The van der Waals surface area contributed by atoms with Crippen LogP contribution in [-0.2, 0) is 9.53 Å². The minimum Gasteiger partial charge on any atom is -0.469 e. The number of aliphatic hydroxyl groups is 1. The largest absolute Gasteiger partial charge is 0.469 e. The second-order valence-corrected chi connectivity index (χ2v) is 14.7. The Bertz CT molecular complexity index is 876. The number of carbonyl (C=O) groups is 1. The van der Waals surface area contributed by atoms with Crippen molar-refractivity contribution in [2.75, 3.05) is 7.11 Å². The summed E-state index contributed by atoms with van der Waals surface area (Å²) >= 11 is 0. The molecular weight excluding hydrogens is 420 g/mol. The predicted octanol–water partition coefficient (Wildman–Crippen LogP) is 7.18. The third-order valence-electron chi connectivity index (χ3n) is 13.6. The van der Waals surface area contributed by atoms with Crippen LogP contribution in [0.3, 0.4) is 0 Å². The van der Waals surface area contributed by atoms with Crippen molar-refractivity contribution in [3.05, 3.63) is 12.2 Å². The maximum atomic E-state index is 13.3. The highest BCUT2D eigenvalue weighted by atomic mass is 16.5. The van der Waals surface area contributed by atoms with E-state index in [-0.39, 0.29) is 33.7 Å². The molecule has 5 rings (SSSR count). The third kappa shape index (κ3) is 2.83. The van der Waals surface area contributed by atoms with E-state index < -0.39 is 0 Å². The number of esters is 1. The Labute approximate surface area is 208 Å². The first-order chi connectivity index (χ1) is 15.8. The van der Waals surface area contributed by atoms with Gasteiger partial charge in [0.15, 0.2) is 0 Å². The molecule has 0 spiro atoms. The van der Waals surface area contributed by atoms with E-state index in [2.05, 4.69) is 48.1 Å². The summed E-state index contributed by atoms with van der Waals surface area (Å²) in [6.45, 7) is 19.1. The van der Waals surface area contributed by atoms with Crippen molar-refractivity contribution in [3.63, 3.8) is 0 Å². The number of hydrogen-bond donors (Lipinski definition) is 1. The monoisotopic (exact) mass is 470 g/mol. The molecule has 5 aliphatic carbocycles. The van der Waals surface area contributed by atoms with Gasteiger partial charge < -0.3 is 9.84 Å². The Hall–Kier alpha value is -0.830. The minimum atomic E-state index is -0.302. The van der Waals surface area contributed by atoms with Gasteiger partial charge in [-0.3, -0.25) is 4.79 Å². The zero-order valence-electron chi connectivity index (χ0n) is 23.0. The van der Waals surface area contributed by atoms with Gasteiger partial charge in [-0.2, -0.15) is 0 Å². The average Bonchev–Trinajstić information content (AvgIpc) is 3.18. The molecule has 34 heavy (non-hydrogen) atoms. The van der Waals surface area contributed by atoms with Crippen LogP contribution in [0, 0.1) is 56.7 Å². The molecule has 0 radical (unpaired) electrons. The van der Waals surface area contributed by atoms with Gasteiger partial charge in [0.05, 0.1) is 18.6 Å². The number of hydrogen-bond acceptors (Lipinski definition) is 3. The van der Waals surface area contributed by atoms with E-state index >= 15 is 0 Å². The van der Waals surface area contributed by atoms with Gasteiger partial charge in [0, 0.05) is 0 Å². The van der Waals surface area contributed by atoms with Crippen molar-refractivity contribution in [1.82, 2.24) is 0 Å². The topological polar surface area (TPSA) is 46.5 Å². The number of allylic oxidation sites excluding steroid dienone is 1. The van der Waals surface area contributed by atoms with Gasteiger partial charge in [0.2, 0.25) is 0 Å². The number of carbonyl (C=O) groups excluding carboxylic acids is 1. The average molecular weight is 471 g/mol. The van der Waals surface area contributed by atoms with E-state index in [0.29, 0.717) is 35.0 Å². The highest BCUT2D eigenvalue weighted by Crippen LogP contribution is 2.77. The van der Waals surface area contributed by atoms with Crippen LogP contribution in [0.15, 0.2) is 12.2 Å². The smallest absolute Gasteiger partial charge is 0.312 e. The Morgan fingerprint density at radius 2 is 1.56 bits per heavy atom. The molecule has 10 atom stereocenters. The molecule has 0 bridgehead atoms. The molecule has 1 N–H and O–H groups in total. The van der Waals surface area contributed by atoms with Gasteiger partial charge in [-0.15, -0.1) is 0 Å². The molecule has 0 saturated heterocycles. The molecule has 0 aliphatic heterocycles. The lowest BCUT2D eigenvalue weighted by Gasteiger charge is -2.72. The molecule has 3 unspecified atom stereocenters. The molecule has 0 aromatic rings. The van der Waals surface area contributed by atoms with Gasteiger partial charge in [-0.25, -0.2) is 0 Å². The summed E-state index contributed by atoms with van der Waals surface area (Å²) < 4.78 is 5.49. The molecule has 0 aromatic heterocycles. The van der Waals surface area contributed by atoms with E-state index in [9.17, 15) is 9.90 Å². The van der Waals surface area contributed by atoms with Gasteiger partial charge in [-0.1, -0.05) is 46.8 Å². The summed E-state index contributed by atoms with van der Waals surface area (Å²) in [6, 6.07) is 0. The fraction of sp³-hybridized carbons (Fsp3) is 0.903. The highest BCUT2D eigenvalue weighted by molar-refractivity contribution is 5.78. The lowest BCUT2D eigenvalue weighted by molar-refractivity contribution is -0.248. The quantitative estimate of drug-likeness (QED) is 0.343. The summed E-state index contributed by atoms with van der Waals surface area (Å²) in [5, 5.41) is 10.9. The number of fused-ring (bicyclic) bond motifs is 7. The van der Waals surface area contributed by atoms with Crippen LogP contribution in [0.25, 0.3) is 0 Å².